The molecule has 1 unspecified atom stereocenters. The molecule has 5 nitrogen and oxygen atoms in total. The molecular formula is C16H20N2O3. The van der Waals surface area contributed by atoms with E-state index in [2.05, 4.69) is 0 Å². The Morgan fingerprint density at radius 2 is 2.14 bits per heavy atom. The first-order chi connectivity index (χ1) is 10.0. The molecule has 1 fully saturated rings. The summed E-state index contributed by atoms with van der Waals surface area (Å²) in [5, 5.41) is 0. The van der Waals surface area contributed by atoms with Crippen LogP contribution in [0, 0.1) is 5.92 Å². The lowest BCUT2D eigenvalue weighted by molar-refractivity contribution is -0.127. The molecule has 112 valence electrons. The first kappa shape index (κ1) is 15.2. The van der Waals surface area contributed by atoms with Gasteiger partial charge in [-0.05, 0) is 12.0 Å². The van der Waals surface area contributed by atoms with E-state index in [4.69, 9.17) is 0 Å². The van der Waals surface area contributed by atoms with Crippen molar-refractivity contribution in [2.45, 2.75) is 13.3 Å². The summed E-state index contributed by atoms with van der Waals surface area (Å²) >= 11 is 0. The second-order valence-electron chi connectivity index (χ2n) is 5.58. The van der Waals surface area contributed by atoms with Crippen LogP contribution >= 0.6 is 0 Å². The second-order valence-corrected chi connectivity index (χ2v) is 5.58. The molecule has 1 saturated heterocycles. The van der Waals surface area contributed by atoms with Gasteiger partial charge in [-0.1, -0.05) is 25.1 Å². The third-order valence-corrected chi connectivity index (χ3v) is 3.78. The molecule has 5 heteroatoms. The SMILES string of the molecule is CC1CC(=O)N(CCN(C)C(=O)c2ccccc2C=O)C1. The molecule has 1 heterocycles. The zero-order valence-corrected chi connectivity index (χ0v) is 12.4. The van der Waals surface area contributed by atoms with Crippen LogP contribution in [0.2, 0.25) is 0 Å². The number of nitrogens with zero attached hydrogens (tertiary/aromatic N) is 2. The van der Waals surface area contributed by atoms with Crippen molar-refractivity contribution >= 4 is 18.1 Å². The molecular weight excluding hydrogens is 268 g/mol. The zero-order chi connectivity index (χ0) is 15.4. The minimum Gasteiger partial charge on any atom is -0.341 e. The van der Waals surface area contributed by atoms with Gasteiger partial charge >= 0.3 is 0 Å². The largest absolute Gasteiger partial charge is 0.341 e. The summed E-state index contributed by atoms with van der Waals surface area (Å²) in [5.74, 6) is 0.336. The van der Waals surface area contributed by atoms with Crippen molar-refractivity contribution in [3.8, 4) is 0 Å². The maximum absolute atomic E-state index is 12.3. The summed E-state index contributed by atoms with van der Waals surface area (Å²) < 4.78 is 0. The lowest BCUT2D eigenvalue weighted by Gasteiger charge is -2.22. The highest BCUT2D eigenvalue weighted by molar-refractivity contribution is 6.01. The summed E-state index contributed by atoms with van der Waals surface area (Å²) in [4.78, 5) is 38.4. The fraction of sp³-hybridized carbons (Fsp3) is 0.438. The van der Waals surface area contributed by atoms with E-state index in [0.29, 0.717) is 42.8 Å². The van der Waals surface area contributed by atoms with Crippen LogP contribution in [-0.4, -0.2) is 54.6 Å². The molecule has 0 aliphatic carbocycles. The molecule has 0 radical (unpaired) electrons. The number of benzene rings is 1. The van der Waals surface area contributed by atoms with Gasteiger partial charge in [0.15, 0.2) is 6.29 Å². The standard InChI is InChI=1S/C16H20N2O3/c1-12-9-15(20)18(10-12)8-7-17(2)16(21)14-6-4-3-5-13(14)11-19/h3-6,11-12H,7-10H2,1-2H3. The smallest absolute Gasteiger partial charge is 0.254 e. The molecule has 21 heavy (non-hydrogen) atoms. The minimum atomic E-state index is -0.197. The Bertz CT molecular complexity index is 556. The molecule has 0 N–H and O–H groups in total. The van der Waals surface area contributed by atoms with Crippen LogP contribution in [0.4, 0.5) is 0 Å². The van der Waals surface area contributed by atoms with E-state index in [1.807, 2.05) is 6.92 Å². The van der Waals surface area contributed by atoms with Crippen LogP contribution in [0.5, 0.6) is 0 Å². The Morgan fingerprint density at radius 3 is 2.76 bits per heavy atom. The number of rotatable bonds is 5. The van der Waals surface area contributed by atoms with Gasteiger partial charge in [-0.2, -0.15) is 0 Å². The fourth-order valence-corrected chi connectivity index (χ4v) is 2.56. The molecule has 1 aromatic rings. The highest BCUT2D eigenvalue weighted by atomic mass is 16.2. The van der Waals surface area contributed by atoms with Gasteiger partial charge in [0.1, 0.15) is 0 Å². The maximum Gasteiger partial charge on any atom is 0.254 e. The number of aldehydes is 1. The Labute approximate surface area is 124 Å². The van der Waals surface area contributed by atoms with Crippen molar-refractivity contribution in [2.75, 3.05) is 26.7 Å². The van der Waals surface area contributed by atoms with Gasteiger partial charge in [-0.15, -0.1) is 0 Å². The van der Waals surface area contributed by atoms with Gasteiger partial charge in [0.05, 0.1) is 5.56 Å². The van der Waals surface area contributed by atoms with Crippen LogP contribution in [0.25, 0.3) is 0 Å². The average molecular weight is 288 g/mol. The van der Waals surface area contributed by atoms with Crippen molar-refractivity contribution in [3.05, 3.63) is 35.4 Å². The van der Waals surface area contributed by atoms with Gasteiger partial charge in [-0.3, -0.25) is 14.4 Å². The third-order valence-electron chi connectivity index (χ3n) is 3.78. The number of likely N-dealkylation sites (tertiary alicyclic amines) is 1. The van der Waals surface area contributed by atoms with Crippen LogP contribution in [0.3, 0.4) is 0 Å². The second kappa shape index (κ2) is 6.52. The van der Waals surface area contributed by atoms with Crippen LogP contribution in [-0.2, 0) is 4.79 Å². The van der Waals surface area contributed by atoms with Gasteiger partial charge in [0.25, 0.3) is 5.91 Å². The number of hydrogen-bond acceptors (Lipinski definition) is 3. The predicted octanol–water partition coefficient (Wildman–Crippen LogP) is 1.44. The summed E-state index contributed by atoms with van der Waals surface area (Å²) in [7, 11) is 1.69. The number of carbonyl (C=O) groups excluding carboxylic acids is 3. The van der Waals surface area contributed by atoms with E-state index in [0.717, 1.165) is 6.54 Å². The Morgan fingerprint density at radius 1 is 1.43 bits per heavy atom. The topological polar surface area (TPSA) is 57.7 Å². The Balaban J connectivity index is 1.97. The quantitative estimate of drug-likeness (QED) is 0.770. The average Bonchev–Trinajstić information content (AvgIpc) is 2.81. The van der Waals surface area contributed by atoms with E-state index >= 15 is 0 Å². The van der Waals surface area contributed by atoms with E-state index in [-0.39, 0.29) is 11.8 Å². The normalized spacial score (nSPS) is 17.9. The molecule has 0 aromatic heterocycles. The molecule has 0 saturated carbocycles. The minimum absolute atomic E-state index is 0.150. The van der Waals surface area contributed by atoms with Gasteiger partial charge in [-0.25, -0.2) is 0 Å². The van der Waals surface area contributed by atoms with Crippen molar-refractivity contribution in [1.82, 2.24) is 9.80 Å². The van der Waals surface area contributed by atoms with Crippen LogP contribution in [0.15, 0.2) is 24.3 Å². The first-order valence-electron chi connectivity index (χ1n) is 7.10. The predicted molar refractivity (Wildman–Crippen MR) is 79.2 cm³/mol. The van der Waals surface area contributed by atoms with Gasteiger partial charge < -0.3 is 9.80 Å². The van der Waals surface area contributed by atoms with E-state index < -0.39 is 0 Å². The van der Waals surface area contributed by atoms with Gasteiger partial charge in [0, 0.05) is 38.7 Å². The number of carbonyl (C=O) groups is 3. The van der Waals surface area contributed by atoms with E-state index in [1.165, 1.54) is 0 Å². The third kappa shape index (κ3) is 3.48. The molecule has 0 bridgehead atoms. The molecule has 0 spiro atoms. The lowest BCUT2D eigenvalue weighted by Crippen LogP contribution is -2.37. The van der Waals surface area contributed by atoms with Crippen LogP contribution in [0.1, 0.15) is 34.1 Å². The maximum atomic E-state index is 12.3. The van der Waals surface area contributed by atoms with Crippen molar-refractivity contribution < 1.29 is 14.4 Å². The monoisotopic (exact) mass is 288 g/mol. The highest BCUT2D eigenvalue weighted by Gasteiger charge is 2.26. The summed E-state index contributed by atoms with van der Waals surface area (Å²) in [6.45, 7) is 3.80. The van der Waals surface area contributed by atoms with E-state index in [9.17, 15) is 14.4 Å². The van der Waals surface area contributed by atoms with Crippen molar-refractivity contribution in [1.29, 1.82) is 0 Å². The molecule has 1 atom stereocenters. The highest BCUT2D eigenvalue weighted by Crippen LogP contribution is 2.16. The van der Waals surface area contributed by atoms with E-state index in [1.54, 1.807) is 41.1 Å². The van der Waals surface area contributed by atoms with Crippen molar-refractivity contribution in [2.24, 2.45) is 5.92 Å². The fourth-order valence-electron chi connectivity index (χ4n) is 2.56. The van der Waals surface area contributed by atoms with Crippen LogP contribution < -0.4 is 0 Å². The zero-order valence-electron chi connectivity index (χ0n) is 12.4. The van der Waals surface area contributed by atoms with Gasteiger partial charge in [0.2, 0.25) is 5.91 Å². The summed E-state index contributed by atoms with van der Waals surface area (Å²) in [5.41, 5.74) is 0.788. The molecule has 2 amide bonds. The number of amides is 2. The molecule has 1 aliphatic heterocycles. The van der Waals surface area contributed by atoms with Crippen molar-refractivity contribution in [3.63, 3.8) is 0 Å². The molecule has 2 rings (SSSR count). The molecule has 1 aliphatic rings. The summed E-state index contributed by atoms with van der Waals surface area (Å²) in [6.07, 6.45) is 1.28. The Hall–Kier alpha value is -2.17. The first-order valence-corrected chi connectivity index (χ1v) is 7.10. The molecule has 1 aromatic carbocycles. The summed E-state index contributed by atoms with van der Waals surface area (Å²) in [6, 6.07) is 6.73. The number of hydrogen-bond donors (Lipinski definition) is 0. The number of likely N-dealkylation sites (N-methyl/N-ethyl adjacent to an activating group) is 1. The Kier molecular flexibility index (Phi) is 4.73. The lowest BCUT2D eigenvalue weighted by atomic mass is 10.1.